The highest BCUT2D eigenvalue weighted by atomic mass is 19.1. The first kappa shape index (κ1) is 25.0. The Hall–Kier alpha value is -5.04. The minimum Gasteiger partial charge on any atom is -0.497 e. The Bertz CT molecular complexity index is 1780. The zero-order valence-electron chi connectivity index (χ0n) is 22.1. The van der Waals surface area contributed by atoms with Gasteiger partial charge in [-0.25, -0.2) is 4.39 Å². The van der Waals surface area contributed by atoms with Gasteiger partial charge in [0.25, 0.3) is 0 Å². The predicted octanol–water partition coefficient (Wildman–Crippen LogP) is 5.69. The lowest BCUT2D eigenvalue weighted by Gasteiger charge is -2.37. The van der Waals surface area contributed by atoms with Gasteiger partial charge in [-0.05, 0) is 47.5 Å². The fourth-order valence-corrected chi connectivity index (χ4v) is 6.90. The van der Waals surface area contributed by atoms with Gasteiger partial charge in [-0.1, -0.05) is 72.8 Å². The van der Waals surface area contributed by atoms with Crippen LogP contribution in [-0.2, 0) is 10.2 Å². The van der Waals surface area contributed by atoms with Crippen LogP contribution in [0, 0.1) is 11.7 Å². The van der Waals surface area contributed by atoms with Crippen LogP contribution in [0.3, 0.4) is 0 Å². The number of nitrogens with zero attached hydrogens (tertiary/aromatic N) is 1. The number of anilines is 2. The van der Waals surface area contributed by atoms with E-state index in [9.17, 15) is 14.4 Å². The molecule has 0 aliphatic carbocycles. The first-order chi connectivity index (χ1) is 20.0. The van der Waals surface area contributed by atoms with Crippen LogP contribution in [0.1, 0.15) is 31.8 Å². The molecule has 1 saturated heterocycles. The molecule has 41 heavy (non-hydrogen) atoms. The SMILES string of the molecule is COc1cccc(C(=O)[C@@H]2[C@H](C(=O)c3ccccc3F)[C@]3(C(=O)Nc4ccccc43)[C@H]3C=Cc4ccccc4N23)c1. The van der Waals surface area contributed by atoms with E-state index in [0.29, 0.717) is 22.6 Å². The maximum absolute atomic E-state index is 15.3. The zero-order chi connectivity index (χ0) is 28.3. The number of para-hydroxylation sites is 2. The number of rotatable bonds is 5. The number of hydrogen-bond acceptors (Lipinski definition) is 5. The summed E-state index contributed by atoms with van der Waals surface area (Å²) in [4.78, 5) is 45.5. The lowest BCUT2D eigenvalue weighted by atomic mass is 9.64. The van der Waals surface area contributed by atoms with Crippen LogP contribution in [-0.4, -0.2) is 36.7 Å². The molecular weight excluding hydrogens is 519 g/mol. The molecule has 0 bridgehead atoms. The molecular formula is C34H25FN2O4. The van der Waals surface area contributed by atoms with E-state index in [0.717, 1.165) is 11.3 Å². The zero-order valence-corrected chi connectivity index (χ0v) is 22.1. The normalized spacial score (nSPS) is 23.5. The number of hydrogen-bond donors (Lipinski definition) is 1. The molecule has 4 atom stereocenters. The molecule has 1 fully saturated rings. The van der Waals surface area contributed by atoms with Crippen molar-refractivity contribution in [2.24, 2.45) is 5.92 Å². The predicted molar refractivity (Wildman–Crippen MR) is 154 cm³/mol. The molecule has 7 rings (SSSR count). The van der Waals surface area contributed by atoms with Gasteiger partial charge in [-0.15, -0.1) is 0 Å². The van der Waals surface area contributed by atoms with Crippen molar-refractivity contribution in [2.75, 3.05) is 17.3 Å². The first-order valence-corrected chi connectivity index (χ1v) is 13.4. The lowest BCUT2D eigenvalue weighted by molar-refractivity contribution is -0.121. The second kappa shape index (κ2) is 9.27. The number of amides is 1. The Morgan fingerprint density at radius 2 is 1.66 bits per heavy atom. The average Bonchev–Trinajstić information content (AvgIpc) is 3.49. The van der Waals surface area contributed by atoms with Gasteiger partial charge in [0.05, 0.1) is 24.6 Å². The molecule has 3 aliphatic heterocycles. The van der Waals surface area contributed by atoms with Crippen LogP contribution < -0.4 is 15.0 Å². The molecule has 7 heteroatoms. The lowest BCUT2D eigenvalue weighted by Crippen LogP contribution is -2.51. The largest absolute Gasteiger partial charge is 0.497 e. The van der Waals surface area contributed by atoms with E-state index in [1.54, 1.807) is 36.4 Å². The van der Waals surface area contributed by atoms with Crippen LogP contribution in [0.25, 0.3) is 6.08 Å². The van der Waals surface area contributed by atoms with E-state index in [2.05, 4.69) is 5.32 Å². The molecule has 3 aliphatic rings. The van der Waals surface area contributed by atoms with Crippen LogP contribution in [0.4, 0.5) is 15.8 Å². The van der Waals surface area contributed by atoms with E-state index >= 15 is 4.39 Å². The minimum absolute atomic E-state index is 0.158. The van der Waals surface area contributed by atoms with E-state index in [1.807, 2.05) is 59.5 Å². The molecule has 6 nitrogen and oxygen atoms in total. The summed E-state index contributed by atoms with van der Waals surface area (Å²) in [5.41, 5.74) is 1.43. The summed E-state index contributed by atoms with van der Waals surface area (Å²) in [6, 6.07) is 25.5. The summed E-state index contributed by atoms with van der Waals surface area (Å²) in [7, 11) is 1.51. The van der Waals surface area contributed by atoms with Gasteiger partial charge in [0.2, 0.25) is 5.91 Å². The fourth-order valence-electron chi connectivity index (χ4n) is 6.90. The Balaban J connectivity index is 1.54. The van der Waals surface area contributed by atoms with E-state index < -0.39 is 40.9 Å². The van der Waals surface area contributed by atoms with Gasteiger partial charge in [-0.2, -0.15) is 0 Å². The van der Waals surface area contributed by atoms with Crippen molar-refractivity contribution in [3.63, 3.8) is 0 Å². The summed E-state index contributed by atoms with van der Waals surface area (Å²) >= 11 is 0. The third-order valence-electron chi connectivity index (χ3n) is 8.59. The Labute approximate surface area is 236 Å². The maximum Gasteiger partial charge on any atom is 0.238 e. The van der Waals surface area contributed by atoms with Crippen molar-refractivity contribution in [2.45, 2.75) is 17.5 Å². The molecule has 0 radical (unpaired) electrons. The monoisotopic (exact) mass is 544 g/mol. The van der Waals surface area contributed by atoms with Gasteiger partial charge in [0, 0.05) is 16.9 Å². The van der Waals surface area contributed by atoms with Crippen molar-refractivity contribution < 1.29 is 23.5 Å². The average molecular weight is 545 g/mol. The molecule has 3 heterocycles. The topological polar surface area (TPSA) is 75.7 Å². The molecule has 1 N–H and O–H groups in total. The number of benzene rings is 4. The standard InChI is InChI=1S/C34H25FN2O4/c1-41-22-11-8-10-21(19-22)31(38)30-29(32(39)23-12-3-5-14-25(23)35)34(24-13-4-6-15-26(24)36-33(34)40)28-18-17-20-9-2-7-16-27(20)37(28)30/h2-19,28-30H,1H3,(H,36,40)/t28-,29-,30+,34-/m1/s1. The number of ether oxygens (including phenoxy) is 1. The van der Waals surface area contributed by atoms with E-state index in [-0.39, 0.29) is 11.3 Å². The number of carbonyl (C=O) groups excluding carboxylic acids is 3. The summed E-state index contributed by atoms with van der Waals surface area (Å²) in [6.07, 6.45) is 3.82. The summed E-state index contributed by atoms with van der Waals surface area (Å²) in [5.74, 6) is -2.82. The number of fused-ring (bicyclic) bond motifs is 6. The highest BCUT2D eigenvalue weighted by Gasteiger charge is 2.70. The van der Waals surface area contributed by atoms with Crippen LogP contribution in [0.5, 0.6) is 5.75 Å². The van der Waals surface area contributed by atoms with Crippen molar-refractivity contribution >= 4 is 34.9 Å². The molecule has 0 aromatic heterocycles. The third kappa shape index (κ3) is 3.45. The number of carbonyl (C=O) groups is 3. The fraction of sp³-hybridized carbons (Fsp3) is 0.147. The number of halogens is 1. The van der Waals surface area contributed by atoms with Crippen molar-refractivity contribution in [1.29, 1.82) is 0 Å². The number of nitrogens with one attached hydrogen (secondary N) is 1. The number of ketones is 2. The molecule has 4 aromatic carbocycles. The van der Waals surface area contributed by atoms with Gasteiger partial charge >= 0.3 is 0 Å². The van der Waals surface area contributed by atoms with Crippen molar-refractivity contribution in [3.05, 3.63) is 131 Å². The first-order valence-electron chi connectivity index (χ1n) is 13.4. The smallest absolute Gasteiger partial charge is 0.238 e. The number of Topliss-reactive ketones (excluding diaryl/α,β-unsaturated/α-hetero) is 2. The molecule has 4 aromatic rings. The van der Waals surface area contributed by atoms with E-state index in [1.165, 1.54) is 25.3 Å². The summed E-state index contributed by atoms with van der Waals surface area (Å²) in [6.45, 7) is 0. The molecule has 0 unspecified atom stereocenters. The van der Waals surface area contributed by atoms with Crippen LogP contribution >= 0.6 is 0 Å². The summed E-state index contributed by atoms with van der Waals surface area (Å²) in [5, 5.41) is 2.98. The van der Waals surface area contributed by atoms with Gasteiger partial charge in [0.15, 0.2) is 11.6 Å². The molecule has 202 valence electrons. The highest BCUT2D eigenvalue weighted by Crippen LogP contribution is 2.58. The van der Waals surface area contributed by atoms with Crippen molar-refractivity contribution in [3.8, 4) is 5.75 Å². The van der Waals surface area contributed by atoms with Gasteiger partial charge < -0.3 is 15.0 Å². The molecule has 0 saturated carbocycles. The Morgan fingerprint density at radius 1 is 0.902 bits per heavy atom. The van der Waals surface area contributed by atoms with Crippen molar-refractivity contribution in [1.82, 2.24) is 0 Å². The van der Waals surface area contributed by atoms with Crippen LogP contribution in [0.2, 0.25) is 0 Å². The quantitative estimate of drug-likeness (QED) is 0.327. The van der Waals surface area contributed by atoms with Gasteiger partial charge in [-0.3, -0.25) is 14.4 Å². The molecule has 1 amide bonds. The number of methoxy groups -OCH3 is 1. The molecule has 1 spiro atoms. The third-order valence-corrected chi connectivity index (χ3v) is 8.59. The highest BCUT2D eigenvalue weighted by molar-refractivity contribution is 6.18. The second-order valence-corrected chi connectivity index (χ2v) is 10.5. The minimum atomic E-state index is -1.50. The van der Waals surface area contributed by atoms with E-state index in [4.69, 9.17) is 4.74 Å². The second-order valence-electron chi connectivity index (χ2n) is 10.5. The summed E-state index contributed by atoms with van der Waals surface area (Å²) < 4.78 is 20.7. The Morgan fingerprint density at radius 3 is 2.49 bits per heavy atom. The Kier molecular flexibility index (Phi) is 5.64. The van der Waals surface area contributed by atoms with Crippen LogP contribution in [0.15, 0.2) is 103 Å². The van der Waals surface area contributed by atoms with Gasteiger partial charge in [0.1, 0.15) is 23.0 Å². The maximum atomic E-state index is 15.3.